The molecule has 0 saturated carbocycles. The van der Waals surface area contributed by atoms with Gasteiger partial charge in [-0.25, -0.2) is 10.8 Å². The molecule has 70 valence electrons. The van der Waals surface area contributed by atoms with E-state index in [2.05, 4.69) is 15.7 Å². The topological polar surface area (TPSA) is 63.0 Å². The minimum absolute atomic E-state index is 0.359. The second kappa shape index (κ2) is 4.15. The van der Waals surface area contributed by atoms with Gasteiger partial charge in [0.15, 0.2) is 5.11 Å². The number of anilines is 1. The molecule has 1 heterocycles. The highest BCUT2D eigenvalue weighted by molar-refractivity contribution is 7.80. The number of hydrogen-bond acceptors (Lipinski definition) is 3. The Bertz CT molecular complexity index is 304. The van der Waals surface area contributed by atoms with Crippen LogP contribution in [0.25, 0.3) is 0 Å². The number of hydrazine groups is 1. The van der Waals surface area contributed by atoms with E-state index < -0.39 is 0 Å². The first kappa shape index (κ1) is 9.88. The lowest BCUT2D eigenvalue weighted by molar-refractivity contribution is 1.04. The molecule has 1 rings (SSSR count). The molecule has 0 spiro atoms. The van der Waals surface area contributed by atoms with Gasteiger partial charge in [-0.3, -0.25) is 0 Å². The number of aromatic nitrogens is 1. The highest BCUT2D eigenvalue weighted by atomic mass is 32.1. The molecule has 0 radical (unpaired) electrons. The van der Waals surface area contributed by atoms with Crippen molar-refractivity contribution in [1.82, 2.24) is 10.4 Å². The first-order valence-corrected chi connectivity index (χ1v) is 4.25. The van der Waals surface area contributed by atoms with Crippen LogP contribution in [-0.2, 0) is 0 Å². The fraction of sp³-hybridized carbons (Fsp3) is 0.250. The van der Waals surface area contributed by atoms with E-state index in [1.807, 2.05) is 26.0 Å². The van der Waals surface area contributed by atoms with Crippen molar-refractivity contribution >= 4 is 23.1 Å². The molecule has 0 fully saturated rings. The Hall–Kier alpha value is -1.20. The van der Waals surface area contributed by atoms with Gasteiger partial charge < -0.3 is 10.7 Å². The van der Waals surface area contributed by atoms with Gasteiger partial charge >= 0.3 is 0 Å². The zero-order chi connectivity index (χ0) is 9.84. The monoisotopic (exact) mass is 196 g/mol. The minimum Gasteiger partial charge on any atom is -0.316 e. The molecule has 0 bridgehead atoms. The van der Waals surface area contributed by atoms with Crippen molar-refractivity contribution in [2.75, 3.05) is 5.32 Å². The van der Waals surface area contributed by atoms with Gasteiger partial charge in [0, 0.05) is 5.69 Å². The highest BCUT2D eigenvalue weighted by Gasteiger charge is 1.98. The van der Waals surface area contributed by atoms with E-state index in [0.29, 0.717) is 10.9 Å². The van der Waals surface area contributed by atoms with Gasteiger partial charge in [-0.1, -0.05) is 0 Å². The van der Waals surface area contributed by atoms with E-state index in [0.717, 1.165) is 11.3 Å². The first-order valence-electron chi connectivity index (χ1n) is 3.84. The predicted octanol–water partition coefficient (Wildman–Crippen LogP) is 0.859. The predicted molar refractivity (Wildman–Crippen MR) is 57.3 cm³/mol. The van der Waals surface area contributed by atoms with E-state index in [9.17, 15) is 0 Å². The summed E-state index contributed by atoms with van der Waals surface area (Å²) in [4.78, 5) is 4.23. The molecule has 1 aromatic heterocycles. The number of nitrogens with one attached hydrogen (secondary N) is 2. The summed E-state index contributed by atoms with van der Waals surface area (Å²) in [5.74, 6) is 5.82. The van der Waals surface area contributed by atoms with Crippen molar-refractivity contribution < 1.29 is 0 Å². The number of thiocarbonyl (C=S) groups is 1. The van der Waals surface area contributed by atoms with Crippen LogP contribution in [0.5, 0.6) is 0 Å². The summed E-state index contributed by atoms with van der Waals surface area (Å²) in [6.07, 6.45) is 0. The standard InChI is InChI=1S/C8H12N4S/c1-5-3-6(2)10-7(4-5)11-8(13)12-9/h3-4H,9H2,1-2H3,(H2,10,11,12,13). The van der Waals surface area contributed by atoms with E-state index >= 15 is 0 Å². The summed E-state index contributed by atoms with van der Waals surface area (Å²) in [5, 5.41) is 3.22. The Morgan fingerprint density at radius 3 is 2.69 bits per heavy atom. The van der Waals surface area contributed by atoms with E-state index in [1.54, 1.807) is 0 Å². The molecule has 5 heteroatoms. The Morgan fingerprint density at radius 1 is 1.46 bits per heavy atom. The van der Waals surface area contributed by atoms with Crippen LogP contribution in [0.15, 0.2) is 12.1 Å². The molecule has 0 amide bonds. The third-order valence-corrected chi connectivity index (χ3v) is 1.69. The van der Waals surface area contributed by atoms with Gasteiger partial charge in [0.2, 0.25) is 0 Å². The second-order valence-electron chi connectivity index (χ2n) is 2.77. The van der Waals surface area contributed by atoms with Gasteiger partial charge in [0.1, 0.15) is 5.82 Å². The third-order valence-electron chi connectivity index (χ3n) is 1.47. The van der Waals surface area contributed by atoms with Gasteiger partial charge in [0.25, 0.3) is 0 Å². The zero-order valence-corrected chi connectivity index (χ0v) is 8.40. The van der Waals surface area contributed by atoms with E-state index in [4.69, 9.17) is 18.1 Å². The van der Waals surface area contributed by atoms with Crippen LogP contribution in [0.2, 0.25) is 0 Å². The molecule has 0 saturated heterocycles. The summed E-state index contributed by atoms with van der Waals surface area (Å²) in [6.45, 7) is 3.93. The molecule has 0 aliphatic carbocycles. The van der Waals surface area contributed by atoms with E-state index in [1.165, 1.54) is 0 Å². The van der Waals surface area contributed by atoms with Gasteiger partial charge in [-0.2, -0.15) is 0 Å². The van der Waals surface area contributed by atoms with Crippen LogP contribution in [0.3, 0.4) is 0 Å². The maximum absolute atomic E-state index is 5.11. The Kier molecular flexibility index (Phi) is 3.16. The summed E-state index contributed by atoms with van der Waals surface area (Å²) < 4.78 is 0. The quantitative estimate of drug-likeness (QED) is 0.353. The molecule has 4 N–H and O–H groups in total. The van der Waals surface area contributed by atoms with Crippen molar-refractivity contribution in [3.63, 3.8) is 0 Å². The largest absolute Gasteiger partial charge is 0.316 e. The van der Waals surface area contributed by atoms with Crippen molar-refractivity contribution in [2.45, 2.75) is 13.8 Å². The number of hydrogen-bond donors (Lipinski definition) is 3. The lowest BCUT2D eigenvalue weighted by atomic mass is 10.2. The van der Waals surface area contributed by atoms with Crippen molar-refractivity contribution in [3.05, 3.63) is 23.4 Å². The van der Waals surface area contributed by atoms with Gasteiger partial charge in [-0.15, -0.1) is 0 Å². The molecule has 1 aromatic rings. The molecule has 0 aromatic carbocycles. The summed E-state index contributed by atoms with van der Waals surface area (Å²) in [7, 11) is 0. The maximum atomic E-state index is 5.11. The highest BCUT2D eigenvalue weighted by Crippen LogP contribution is 2.08. The van der Waals surface area contributed by atoms with Crippen molar-refractivity contribution in [3.8, 4) is 0 Å². The number of nitrogens with zero attached hydrogens (tertiary/aromatic N) is 1. The normalized spacial score (nSPS) is 9.46. The smallest absolute Gasteiger partial charge is 0.186 e. The maximum Gasteiger partial charge on any atom is 0.186 e. The van der Waals surface area contributed by atoms with Gasteiger partial charge in [0.05, 0.1) is 0 Å². The van der Waals surface area contributed by atoms with Crippen LogP contribution < -0.4 is 16.6 Å². The van der Waals surface area contributed by atoms with Crippen LogP contribution in [0, 0.1) is 13.8 Å². The molecular formula is C8H12N4S. The Labute approximate surface area is 82.5 Å². The molecule has 0 unspecified atom stereocenters. The fourth-order valence-electron chi connectivity index (χ4n) is 1.06. The summed E-state index contributed by atoms with van der Waals surface area (Å²) in [6, 6.07) is 3.89. The lowest BCUT2D eigenvalue weighted by Crippen LogP contribution is -2.34. The minimum atomic E-state index is 0.359. The van der Waals surface area contributed by atoms with Gasteiger partial charge in [-0.05, 0) is 43.8 Å². The molecule has 13 heavy (non-hydrogen) atoms. The average Bonchev–Trinajstić information content (AvgIpc) is 2.02. The number of pyridine rings is 1. The van der Waals surface area contributed by atoms with Crippen LogP contribution in [-0.4, -0.2) is 10.1 Å². The van der Waals surface area contributed by atoms with E-state index in [-0.39, 0.29) is 0 Å². The SMILES string of the molecule is Cc1cc(C)nc(NC(=S)NN)c1. The fourth-order valence-corrected chi connectivity index (χ4v) is 1.16. The molecule has 0 aliphatic rings. The summed E-state index contributed by atoms with van der Waals surface area (Å²) in [5.41, 5.74) is 4.41. The molecular weight excluding hydrogens is 184 g/mol. The molecule has 4 nitrogen and oxygen atoms in total. The van der Waals surface area contributed by atoms with Crippen LogP contribution in [0.4, 0.5) is 5.82 Å². The lowest BCUT2D eigenvalue weighted by Gasteiger charge is -2.07. The first-order chi connectivity index (χ1) is 6.11. The van der Waals surface area contributed by atoms with Crippen LogP contribution >= 0.6 is 12.2 Å². The zero-order valence-electron chi connectivity index (χ0n) is 7.59. The Balaban J connectivity index is 2.83. The number of aryl methyl sites for hydroxylation is 2. The summed E-state index contributed by atoms with van der Waals surface area (Å²) >= 11 is 4.84. The third kappa shape index (κ3) is 2.96. The number of rotatable bonds is 1. The number of nitrogens with two attached hydrogens (primary N) is 1. The second-order valence-corrected chi connectivity index (χ2v) is 3.18. The van der Waals surface area contributed by atoms with Crippen molar-refractivity contribution in [2.24, 2.45) is 5.84 Å². The average molecular weight is 196 g/mol. The molecule has 0 aliphatic heterocycles. The van der Waals surface area contributed by atoms with Crippen molar-refractivity contribution in [1.29, 1.82) is 0 Å². The Morgan fingerprint density at radius 2 is 2.15 bits per heavy atom. The molecule has 0 atom stereocenters. The van der Waals surface area contributed by atoms with Crippen LogP contribution in [0.1, 0.15) is 11.3 Å².